The largest absolute Gasteiger partial charge is 0.506 e. The first-order valence-electron chi connectivity index (χ1n) is 6.14. The highest BCUT2D eigenvalue weighted by Gasteiger charge is 2.28. The van der Waals surface area contributed by atoms with Crippen LogP contribution in [0.4, 0.5) is 0 Å². The maximum Gasteiger partial charge on any atom is 0.136 e. The van der Waals surface area contributed by atoms with E-state index in [1.807, 2.05) is 12.3 Å². The number of thioether (sulfide) groups is 1. The molecule has 0 saturated heterocycles. The molecule has 0 aliphatic rings. The van der Waals surface area contributed by atoms with Crippen LogP contribution in [0.2, 0.25) is 0 Å². The second kappa shape index (κ2) is 4.69. The third kappa shape index (κ3) is 2.77. The van der Waals surface area contributed by atoms with Crippen molar-refractivity contribution in [2.75, 3.05) is 6.26 Å². The van der Waals surface area contributed by atoms with E-state index in [-0.39, 0.29) is 22.3 Å². The van der Waals surface area contributed by atoms with Gasteiger partial charge in [-0.1, -0.05) is 41.5 Å². The molecule has 0 unspecified atom stereocenters. The van der Waals surface area contributed by atoms with Gasteiger partial charge in [-0.2, -0.15) is 0 Å². The molecular weight excluding hydrogens is 244 g/mol. The summed E-state index contributed by atoms with van der Waals surface area (Å²) in [6, 6.07) is 1.93. The Morgan fingerprint density at radius 3 is 1.39 bits per heavy atom. The maximum absolute atomic E-state index is 10.3. The van der Waals surface area contributed by atoms with Crippen LogP contribution in [0.15, 0.2) is 11.0 Å². The molecule has 0 radical (unpaired) electrons. The van der Waals surface area contributed by atoms with Crippen molar-refractivity contribution < 1.29 is 10.2 Å². The summed E-state index contributed by atoms with van der Waals surface area (Å²) in [5.41, 5.74) is 1.47. The molecule has 0 aromatic heterocycles. The third-order valence-electron chi connectivity index (χ3n) is 3.05. The second-order valence-electron chi connectivity index (χ2n) is 6.70. The number of aromatic hydroxyl groups is 2. The van der Waals surface area contributed by atoms with Crippen LogP contribution < -0.4 is 0 Å². The molecule has 0 spiro atoms. The first-order valence-corrected chi connectivity index (χ1v) is 7.36. The van der Waals surface area contributed by atoms with Crippen LogP contribution in [0.25, 0.3) is 0 Å². The van der Waals surface area contributed by atoms with Crippen molar-refractivity contribution in [2.45, 2.75) is 57.3 Å². The van der Waals surface area contributed by atoms with E-state index >= 15 is 0 Å². The lowest BCUT2D eigenvalue weighted by Gasteiger charge is -2.28. The minimum absolute atomic E-state index is 0.151. The van der Waals surface area contributed by atoms with E-state index in [0.717, 1.165) is 11.1 Å². The summed E-state index contributed by atoms with van der Waals surface area (Å²) in [6.45, 7) is 12.4. The minimum atomic E-state index is -0.151. The van der Waals surface area contributed by atoms with Gasteiger partial charge in [-0.15, -0.1) is 11.8 Å². The summed E-state index contributed by atoms with van der Waals surface area (Å²) < 4.78 is 0. The average Bonchev–Trinajstić information content (AvgIpc) is 2.14. The standard InChI is InChI=1S/C15H24O2S/c1-14(2,3)9-8-10(15(4,5)6)12(17)13(18-7)11(9)16/h8,16-17H,1-7H3. The van der Waals surface area contributed by atoms with Crippen molar-refractivity contribution in [3.8, 4) is 11.5 Å². The Hall–Kier alpha value is -0.830. The van der Waals surface area contributed by atoms with Gasteiger partial charge in [0.25, 0.3) is 0 Å². The highest BCUT2D eigenvalue weighted by molar-refractivity contribution is 7.98. The van der Waals surface area contributed by atoms with Crippen molar-refractivity contribution >= 4 is 11.8 Å². The van der Waals surface area contributed by atoms with Crippen molar-refractivity contribution in [3.63, 3.8) is 0 Å². The number of phenolic OH excluding ortho intramolecular Hbond substituents is 2. The topological polar surface area (TPSA) is 40.5 Å². The zero-order valence-corrected chi connectivity index (χ0v) is 13.2. The molecule has 0 aliphatic carbocycles. The smallest absolute Gasteiger partial charge is 0.136 e. The minimum Gasteiger partial charge on any atom is -0.506 e. The van der Waals surface area contributed by atoms with E-state index in [0.29, 0.717) is 4.90 Å². The molecule has 1 aromatic carbocycles. The maximum atomic E-state index is 10.3. The Morgan fingerprint density at radius 2 is 1.17 bits per heavy atom. The SMILES string of the molecule is CSc1c(O)c(C(C)(C)C)cc(C(C)(C)C)c1O. The molecule has 0 heterocycles. The molecular formula is C15H24O2S. The Kier molecular flexibility index (Phi) is 3.97. The summed E-state index contributed by atoms with van der Waals surface area (Å²) in [6.07, 6.45) is 1.87. The highest BCUT2D eigenvalue weighted by atomic mass is 32.2. The molecule has 1 aromatic rings. The number of hydrogen-bond donors (Lipinski definition) is 2. The van der Waals surface area contributed by atoms with Crippen molar-refractivity contribution in [3.05, 3.63) is 17.2 Å². The van der Waals surface area contributed by atoms with Gasteiger partial charge < -0.3 is 10.2 Å². The molecule has 0 amide bonds. The molecule has 0 fully saturated rings. The fourth-order valence-electron chi connectivity index (χ4n) is 1.97. The molecule has 18 heavy (non-hydrogen) atoms. The monoisotopic (exact) mass is 268 g/mol. The summed E-state index contributed by atoms with van der Waals surface area (Å²) in [7, 11) is 0. The second-order valence-corrected chi connectivity index (χ2v) is 7.52. The van der Waals surface area contributed by atoms with Gasteiger partial charge in [0.2, 0.25) is 0 Å². The quantitative estimate of drug-likeness (QED) is 0.741. The first kappa shape index (κ1) is 15.2. The van der Waals surface area contributed by atoms with Crippen LogP contribution >= 0.6 is 11.8 Å². The van der Waals surface area contributed by atoms with E-state index in [1.54, 1.807) is 0 Å². The van der Waals surface area contributed by atoms with Crippen LogP contribution in [-0.4, -0.2) is 16.5 Å². The lowest BCUT2D eigenvalue weighted by Crippen LogP contribution is -2.17. The van der Waals surface area contributed by atoms with Gasteiger partial charge in [-0.25, -0.2) is 0 Å². The van der Waals surface area contributed by atoms with Gasteiger partial charge in [0.05, 0.1) is 4.90 Å². The molecule has 2 N–H and O–H groups in total. The normalized spacial score (nSPS) is 12.8. The van der Waals surface area contributed by atoms with Gasteiger partial charge >= 0.3 is 0 Å². The molecule has 0 saturated carbocycles. The lowest BCUT2D eigenvalue weighted by molar-refractivity contribution is 0.397. The van der Waals surface area contributed by atoms with E-state index in [9.17, 15) is 10.2 Å². The molecule has 3 heteroatoms. The third-order valence-corrected chi connectivity index (χ3v) is 3.84. The predicted octanol–water partition coefficient (Wildman–Crippen LogP) is 4.41. The zero-order valence-electron chi connectivity index (χ0n) is 12.4. The van der Waals surface area contributed by atoms with Crippen LogP contribution in [0, 0.1) is 0 Å². The van der Waals surface area contributed by atoms with Gasteiger partial charge in [0.1, 0.15) is 11.5 Å². The number of phenols is 2. The van der Waals surface area contributed by atoms with Gasteiger partial charge in [0.15, 0.2) is 0 Å². The Balaban J connectivity index is 3.68. The molecule has 0 bridgehead atoms. The molecule has 102 valence electrons. The highest BCUT2D eigenvalue weighted by Crippen LogP contribution is 2.47. The van der Waals surface area contributed by atoms with Crippen molar-refractivity contribution in [1.82, 2.24) is 0 Å². The van der Waals surface area contributed by atoms with E-state index < -0.39 is 0 Å². The van der Waals surface area contributed by atoms with E-state index in [2.05, 4.69) is 41.5 Å². The van der Waals surface area contributed by atoms with E-state index in [4.69, 9.17) is 0 Å². The number of hydrogen-bond acceptors (Lipinski definition) is 3. The molecule has 0 atom stereocenters. The van der Waals surface area contributed by atoms with Crippen LogP contribution in [0.3, 0.4) is 0 Å². The average molecular weight is 268 g/mol. The zero-order chi connectivity index (χ0) is 14.3. The Labute approximate surface area is 114 Å². The Morgan fingerprint density at radius 1 is 0.833 bits per heavy atom. The molecule has 1 rings (SSSR count). The first-order chi connectivity index (χ1) is 8.00. The fraction of sp³-hybridized carbons (Fsp3) is 0.600. The lowest BCUT2D eigenvalue weighted by atomic mass is 9.79. The number of rotatable bonds is 1. The van der Waals surface area contributed by atoms with Crippen LogP contribution in [-0.2, 0) is 10.8 Å². The molecule has 2 nitrogen and oxygen atoms in total. The fourth-order valence-corrected chi connectivity index (χ4v) is 2.58. The van der Waals surface area contributed by atoms with Gasteiger partial charge in [-0.05, 0) is 23.2 Å². The summed E-state index contributed by atoms with van der Waals surface area (Å²) >= 11 is 1.38. The summed E-state index contributed by atoms with van der Waals surface area (Å²) in [4.78, 5) is 0.576. The van der Waals surface area contributed by atoms with Gasteiger partial charge in [-0.3, -0.25) is 0 Å². The number of benzene rings is 1. The van der Waals surface area contributed by atoms with E-state index in [1.165, 1.54) is 11.8 Å². The van der Waals surface area contributed by atoms with Gasteiger partial charge in [0, 0.05) is 11.1 Å². The summed E-state index contributed by atoms with van der Waals surface area (Å²) in [5.74, 6) is 0.418. The van der Waals surface area contributed by atoms with Crippen molar-refractivity contribution in [1.29, 1.82) is 0 Å². The van der Waals surface area contributed by atoms with Crippen LogP contribution in [0.1, 0.15) is 52.7 Å². The predicted molar refractivity (Wildman–Crippen MR) is 79.0 cm³/mol. The molecule has 0 aliphatic heterocycles. The van der Waals surface area contributed by atoms with Crippen LogP contribution in [0.5, 0.6) is 11.5 Å². The Bertz CT molecular complexity index is 413. The van der Waals surface area contributed by atoms with Crippen molar-refractivity contribution in [2.24, 2.45) is 0 Å². The summed E-state index contributed by atoms with van der Waals surface area (Å²) in [5, 5.41) is 20.6.